The van der Waals surface area contributed by atoms with E-state index in [0.717, 1.165) is 62.5 Å². The maximum atomic E-state index is 11.8. The lowest BCUT2D eigenvalue weighted by Gasteiger charge is -2.39. The topological polar surface area (TPSA) is 53.0 Å². The first-order valence-corrected chi connectivity index (χ1v) is 8.92. The zero-order valence-corrected chi connectivity index (χ0v) is 14.9. The summed E-state index contributed by atoms with van der Waals surface area (Å²) in [5.74, 6) is -0.382. The van der Waals surface area contributed by atoms with Crippen molar-refractivity contribution < 1.29 is 14.6 Å². The summed E-state index contributed by atoms with van der Waals surface area (Å²) in [5.41, 5.74) is 3.58. The van der Waals surface area contributed by atoms with Crippen molar-refractivity contribution >= 4 is 11.7 Å². The molecule has 0 amide bonds. The lowest BCUT2D eigenvalue weighted by atomic mass is 9.88. The fourth-order valence-corrected chi connectivity index (χ4v) is 4.01. The van der Waals surface area contributed by atoms with Gasteiger partial charge in [0, 0.05) is 50.5 Å². The molecule has 132 valence electrons. The molecule has 2 heterocycles. The van der Waals surface area contributed by atoms with E-state index in [2.05, 4.69) is 29.8 Å². The summed E-state index contributed by atoms with van der Waals surface area (Å²) in [6.45, 7) is 8.57. The van der Waals surface area contributed by atoms with Crippen molar-refractivity contribution in [3.8, 4) is 0 Å². The number of carbonyl (C=O) groups is 1. The largest absolute Gasteiger partial charge is 0.478 e. The quantitative estimate of drug-likeness (QED) is 0.898. The number of hydrogen-bond acceptors (Lipinski definition) is 4. The van der Waals surface area contributed by atoms with Gasteiger partial charge in [0.25, 0.3) is 0 Å². The van der Waals surface area contributed by atoms with Gasteiger partial charge in [0.05, 0.1) is 5.56 Å². The first-order valence-electron chi connectivity index (χ1n) is 8.92. The molecule has 0 radical (unpaired) electrons. The van der Waals surface area contributed by atoms with Crippen LogP contribution < -0.4 is 4.90 Å². The average Bonchev–Trinajstić information content (AvgIpc) is 2.55. The van der Waals surface area contributed by atoms with E-state index in [1.54, 1.807) is 0 Å². The van der Waals surface area contributed by atoms with Crippen molar-refractivity contribution in [3.63, 3.8) is 0 Å². The zero-order valence-electron chi connectivity index (χ0n) is 14.9. The maximum Gasteiger partial charge on any atom is 0.336 e. The molecule has 1 aromatic carbocycles. The number of aromatic carboxylic acids is 1. The van der Waals surface area contributed by atoms with E-state index in [-0.39, 0.29) is 0 Å². The molecule has 0 aromatic heterocycles. The summed E-state index contributed by atoms with van der Waals surface area (Å²) in [6, 6.07) is 4.55. The standard InChI is InChI=1S/C19H28N2O3/c1-4-21(16-5-7-24-8-6-16)18-10-14(15-11-20(3)12-15)9-17(13(18)2)19(22)23/h9-10,15-16H,4-8,11-12H2,1-3H3,(H,22,23). The molecule has 0 bridgehead atoms. The van der Waals surface area contributed by atoms with Crippen LogP contribution in [0, 0.1) is 6.92 Å². The Labute approximate surface area is 144 Å². The number of likely N-dealkylation sites (N-methyl/N-ethyl adjacent to an activating group) is 1. The Kier molecular flexibility index (Phi) is 5.11. The van der Waals surface area contributed by atoms with Gasteiger partial charge in [0.2, 0.25) is 0 Å². The fraction of sp³-hybridized carbons (Fsp3) is 0.632. The second-order valence-corrected chi connectivity index (χ2v) is 7.07. The van der Waals surface area contributed by atoms with Crippen LogP contribution in [0.15, 0.2) is 12.1 Å². The van der Waals surface area contributed by atoms with Gasteiger partial charge in [-0.15, -0.1) is 0 Å². The molecule has 2 fully saturated rings. The molecule has 0 unspecified atom stereocenters. The van der Waals surface area contributed by atoms with Crippen molar-refractivity contribution in [2.24, 2.45) is 0 Å². The van der Waals surface area contributed by atoms with E-state index in [0.29, 0.717) is 17.5 Å². The van der Waals surface area contributed by atoms with Gasteiger partial charge < -0.3 is 19.6 Å². The minimum Gasteiger partial charge on any atom is -0.478 e. The van der Waals surface area contributed by atoms with Crippen LogP contribution in [0.4, 0.5) is 5.69 Å². The second kappa shape index (κ2) is 7.11. The Hall–Kier alpha value is -1.59. The first kappa shape index (κ1) is 17.2. The molecule has 2 aliphatic rings. The zero-order chi connectivity index (χ0) is 17.3. The summed E-state index contributed by atoms with van der Waals surface area (Å²) < 4.78 is 5.50. The Balaban J connectivity index is 1.98. The number of ether oxygens (including phenoxy) is 1. The number of carboxylic acid groups (broad SMARTS) is 1. The average molecular weight is 332 g/mol. The van der Waals surface area contributed by atoms with Crippen molar-refractivity contribution in [1.82, 2.24) is 4.90 Å². The SMILES string of the molecule is CCN(c1cc(C2CN(C)C2)cc(C(=O)O)c1C)C1CCOCC1. The van der Waals surface area contributed by atoms with Gasteiger partial charge in [-0.1, -0.05) is 0 Å². The number of benzene rings is 1. The maximum absolute atomic E-state index is 11.8. The minimum atomic E-state index is -0.827. The highest BCUT2D eigenvalue weighted by atomic mass is 16.5. The van der Waals surface area contributed by atoms with Crippen LogP contribution in [0.2, 0.25) is 0 Å². The van der Waals surface area contributed by atoms with Crippen LogP contribution in [0.25, 0.3) is 0 Å². The van der Waals surface area contributed by atoms with E-state index < -0.39 is 5.97 Å². The van der Waals surface area contributed by atoms with Gasteiger partial charge in [-0.2, -0.15) is 0 Å². The van der Waals surface area contributed by atoms with Gasteiger partial charge in [-0.05, 0) is 57.0 Å². The molecular formula is C19H28N2O3. The van der Waals surface area contributed by atoms with E-state index >= 15 is 0 Å². The molecule has 24 heavy (non-hydrogen) atoms. The molecule has 0 atom stereocenters. The van der Waals surface area contributed by atoms with E-state index in [9.17, 15) is 9.90 Å². The number of rotatable bonds is 5. The van der Waals surface area contributed by atoms with Crippen molar-refractivity contribution in [2.75, 3.05) is 44.8 Å². The van der Waals surface area contributed by atoms with Gasteiger partial charge in [0.1, 0.15) is 0 Å². The van der Waals surface area contributed by atoms with Crippen LogP contribution in [-0.4, -0.2) is 61.9 Å². The third kappa shape index (κ3) is 3.28. The van der Waals surface area contributed by atoms with Crippen LogP contribution in [0.1, 0.15) is 47.2 Å². The predicted molar refractivity (Wildman–Crippen MR) is 95.2 cm³/mol. The third-order valence-electron chi connectivity index (χ3n) is 5.45. The molecule has 5 heteroatoms. The second-order valence-electron chi connectivity index (χ2n) is 7.07. The smallest absolute Gasteiger partial charge is 0.336 e. The summed E-state index contributed by atoms with van der Waals surface area (Å²) in [7, 11) is 2.10. The number of likely N-dealkylation sites (tertiary alicyclic amines) is 1. The molecule has 0 aliphatic carbocycles. The summed E-state index contributed by atoms with van der Waals surface area (Å²) >= 11 is 0. The minimum absolute atomic E-state index is 0.434. The molecule has 5 nitrogen and oxygen atoms in total. The highest BCUT2D eigenvalue weighted by Crippen LogP contribution is 2.34. The molecule has 0 saturated carbocycles. The van der Waals surface area contributed by atoms with Gasteiger partial charge in [0.15, 0.2) is 0 Å². The molecule has 1 N–H and O–H groups in total. The highest BCUT2D eigenvalue weighted by molar-refractivity contribution is 5.92. The molecule has 0 spiro atoms. The number of hydrogen-bond donors (Lipinski definition) is 1. The Morgan fingerprint density at radius 1 is 1.33 bits per heavy atom. The van der Waals surface area contributed by atoms with Crippen LogP contribution in [0.5, 0.6) is 0 Å². The van der Waals surface area contributed by atoms with E-state index in [1.807, 2.05) is 13.0 Å². The Morgan fingerprint density at radius 2 is 2.00 bits per heavy atom. The molecule has 1 aromatic rings. The van der Waals surface area contributed by atoms with Crippen LogP contribution in [-0.2, 0) is 4.74 Å². The lowest BCUT2D eigenvalue weighted by Crippen LogP contribution is -2.42. The Morgan fingerprint density at radius 3 is 2.54 bits per heavy atom. The molecular weight excluding hydrogens is 304 g/mol. The van der Waals surface area contributed by atoms with Crippen molar-refractivity contribution in [2.45, 2.75) is 38.6 Å². The predicted octanol–water partition coefficient (Wildman–Crippen LogP) is 2.73. The molecule has 3 rings (SSSR count). The number of anilines is 1. The van der Waals surface area contributed by atoms with Gasteiger partial charge in [-0.25, -0.2) is 4.79 Å². The van der Waals surface area contributed by atoms with Crippen molar-refractivity contribution in [1.29, 1.82) is 0 Å². The summed E-state index contributed by atoms with van der Waals surface area (Å²) in [6.07, 6.45) is 2.01. The molecule has 2 saturated heterocycles. The normalized spacial score (nSPS) is 20.0. The number of carboxylic acids is 1. The van der Waals surface area contributed by atoms with Gasteiger partial charge in [-0.3, -0.25) is 0 Å². The third-order valence-corrected chi connectivity index (χ3v) is 5.45. The summed E-state index contributed by atoms with van der Waals surface area (Å²) in [4.78, 5) is 16.4. The summed E-state index contributed by atoms with van der Waals surface area (Å²) in [5, 5.41) is 9.65. The Bertz CT molecular complexity index is 605. The first-order chi connectivity index (χ1) is 11.5. The highest BCUT2D eigenvalue weighted by Gasteiger charge is 2.29. The molecule has 2 aliphatic heterocycles. The van der Waals surface area contributed by atoms with E-state index in [4.69, 9.17) is 4.74 Å². The van der Waals surface area contributed by atoms with Gasteiger partial charge >= 0.3 is 5.97 Å². The van der Waals surface area contributed by atoms with Crippen molar-refractivity contribution in [3.05, 3.63) is 28.8 Å². The lowest BCUT2D eigenvalue weighted by molar-refractivity contribution is 0.0695. The van der Waals surface area contributed by atoms with Crippen LogP contribution >= 0.6 is 0 Å². The van der Waals surface area contributed by atoms with Crippen LogP contribution in [0.3, 0.4) is 0 Å². The fourth-order valence-electron chi connectivity index (χ4n) is 4.01. The van der Waals surface area contributed by atoms with E-state index in [1.165, 1.54) is 0 Å². The monoisotopic (exact) mass is 332 g/mol. The number of nitrogens with zero attached hydrogens (tertiary/aromatic N) is 2.